The molecule has 0 saturated heterocycles. The second kappa shape index (κ2) is 15.4. The fraction of sp³-hybridized carbons (Fsp3) is 0.350. The molecule has 2 aliphatic heterocycles. The molecule has 12 heteroatoms. The minimum atomic E-state index is -1.81. The monoisotopic (exact) mass is 712 g/mol. The summed E-state index contributed by atoms with van der Waals surface area (Å²) in [5, 5.41) is 0. The Morgan fingerprint density at radius 2 is 0.885 bits per heavy atom. The predicted molar refractivity (Wildman–Crippen MR) is 191 cm³/mol. The lowest BCUT2D eigenvalue weighted by Gasteiger charge is -2.38. The summed E-state index contributed by atoms with van der Waals surface area (Å²) in [6.45, 7) is 1.37. The van der Waals surface area contributed by atoms with Crippen LogP contribution in [0.15, 0.2) is 84.9 Å². The smallest absolute Gasteiger partial charge is 0.421 e. The van der Waals surface area contributed by atoms with Gasteiger partial charge in [0.25, 0.3) is 11.6 Å². The van der Waals surface area contributed by atoms with Crippen LogP contribution < -0.4 is 28.4 Å². The van der Waals surface area contributed by atoms with E-state index in [0.717, 1.165) is 11.1 Å². The van der Waals surface area contributed by atoms with Crippen molar-refractivity contribution >= 4 is 11.9 Å². The average Bonchev–Trinajstić information content (AvgIpc) is 3.36. The van der Waals surface area contributed by atoms with E-state index in [1.165, 1.54) is 14.2 Å². The van der Waals surface area contributed by atoms with Crippen LogP contribution in [0.4, 0.5) is 0 Å². The van der Waals surface area contributed by atoms with Crippen molar-refractivity contribution in [3.05, 3.63) is 107 Å². The maximum absolute atomic E-state index is 14.3. The second-order valence-corrected chi connectivity index (χ2v) is 12.8. The molecule has 0 aromatic heterocycles. The molecule has 2 heterocycles. The van der Waals surface area contributed by atoms with Crippen LogP contribution in [-0.2, 0) is 43.5 Å². The molecular formula is C40H44N2O10. The average molecular weight is 713 g/mol. The Kier molecular flexibility index (Phi) is 10.8. The lowest BCUT2D eigenvalue weighted by Crippen LogP contribution is -2.51. The van der Waals surface area contributed by atoms with Gasteiger partial charge < -0.3 is 37.9 Å². The molecule has 0 aliphatic carbocycles. The number of hydrogen-bond donors (Lipinski definition) is 0. The SMILES string of the molecule is COc1cc2c(cc1OC)C(OC(=O)C(=O)OC1(Oc3ccccc3)CN(C)CCc3cc(OC)c(OC)cc31)(Oc1ccccc1)CN(C)CC2. The number of methoxy groups -OCH3 is 4. The third-order valence-corrected chi connectivity index (χ3v) is 9.26. The fourth-order valence-corrected chi connectivity index (χ4v) is 6.76. The van der Waals surface area contributed by atoms with Crippen molar-refractivity contribution in [2.45, 2.75) is 24.4 Å². The van der Waals surface area contributed by atoms with Gasteiger partial charge in [0.05, 0.1) is 41.5 Å². The van der Waals surface area contributed by atoms with E-state index < -0.39 is 23.5 Å². The molecule has 4 aromatic rings. The number of likely N-dealkylation sites (N-methyl/N-ethyl adjacent to an activating group) is 2. The zero-order valence-corrected chi connectivity index (χ0v) is 30.3. The Hall–Kier alpha value is -5.46. The minimum Gasteiger partial charge on any atom is -0.493 e. The van der Waals surface area contributed by atoms with Gasteiger partial charge in [0.1, 0.15) is 11.5 Å². The van der Waals surface area contributed by atoms with Gasteiger partial charge in [-0.15, -0.1) is 0 Å². The summed E-state index contributed by atoms with van der Waals surface area (Å²) >= 11 is 0. The number of ether oxygens (including phenoxy) is 8. The standard InChI is InChI=1S/C40H44N2O10/c1-41-19-17-27-21-33(45-3)35(47-5)23-31(27)39(25-41,49-29-13-9-7-10-14-29)51-37(43)38(44)52-40(50-30-15-11-8-12-16-30)26-42(2)20-18-28-22-34(46-4)36(48-6)24-32(28)40/h7-16,21-24H,17-20,25-26H2,1-6H3. The minimum absolute atomic E-state index is 0.0810. The van der Waals surface area contributed by atoms with E-state index in [1.807, 2.05) is 72.4 Å². The van der Waals surface area contributed by atoms with Crippen LogP contribution in [0.3, 0.4) is 0 Å². The molecule has 0 saturated carbocycles. The van der Waals surface area contributed by atoms with E-state index in [4.69, 9.17) is 37.9 Å². The molecule has 2 aliphatic rings. The van der Waals surface area contributed by atoms with E-state index in [1.54, 1.807) is 50.6 Å². The number of carbonyl (C=O) groups excluding carboxylic acids is 2. The molecule has 0 spiro atoms. The van der Waals surface area contributed by atoms with Gasteiger partial charge in [-0.05, 0) is 86.6 Å². The van der Waals surface area contributed by atoms with E-state index in [-0.39, 0.29) is 13.1 Å². The summed E-state index contributed by atoms with van der Waals surface area (Å²) in [6.07, 6.45) is 1.16. The third kappa shape index (κ3) is 7.44. The molecule has 274 valence electrons. The van der Waals surface area contributed by atoms with Gasteiger partial charge in [-0.2, -0.15) is 0 Å². The van der Waals surface area contributed by atoms with Crippen molar-refractivity contribution in [2.75, 3.05) is 68.7 Å². The van der Waals surface area contributed by atoms with Crippen molar-refractivity contribution in [2.24, 2.45) is 0 Å². The number of nitrogens with zero attached hydrogens (tertiary/aromatic N) is 2. The first-order valence-electron chi connectivity index (χ1n) is 16.9. The Morgan fingerprint density at radius 1 is 0.538 bits per heavy atom. The first-order valence-corrected chi connectivity index (χ1v) is 16.9. The molecule has 0 bridgehead atoms. The van der Waals surface area contributed by atoms with E-state index in [9.17, 15) is 9.59 Å². The first kappa shape index (κ1) is 36.3. The lowest BCUT2D eigenvalue weighted by molar-refractivity contribution is -0.232. The molecule has 0 radical (unpaired) electrons. The summed E-state index contributed by atoms with van der Waals surface area (Å²) < 4.78 is 48.3. The van der Waals surface area contributed by atoms with Crippen LogP contribution >= 0.6 is 0 Å². The number of rotatable bonds is 10. The van der Waals surface area contributed by atoms with Crippen LogP contribution in [0.2, 0.25) is 0 Å². The van der Waals surface area contributed by atoms with Gasteiger partial charge in [-0.25, -0.2) is 9.59 Å². The fourth-order valence-electron chi connectivity index (χ4n) is 6.76. The lowest BCUT2D eigenvalue weighted by atomic mass is 9.96. The molecule has 6 rings (SSSR count). The van der Waals surface area contributed by atoms with Crippen molar-refractivity contribution in [1.82, 2.24) is 9.80 Å². The summed E-state index contributed by atoms with van der Waals surface area (Å²) in [5.74, 6) is -3.51. The maximum Gasteiger partial charge on any atom is 0.421 e. The van der Waals surface area contributed by atoms with Gasteiger partial charge in [0.15, 0.2) is 23.0 Å². The zero-order chi connectivity index (χ0) is 36.9. The molecule has 0 amide bonds. The number of fused-ring (bicyclic) bond motifs is 2. The largest absolute Gasteiger partial charge is 0.493 e. The van der Waals surface area contributed by atoms with Gasteiger partial charge >= 0.3 is 11.9 Å². The zero-order valence-electron chi connectivity index (χ0n) is 30.3. The quantitative estimate of drug-likeness (QED) is 0.126. The number of esters is 2. The Bertz CT molecular complexity index is 1750. The number of hydrogen-bond acceptors (Lipinski definition) is 12. The maximum atomic E-state index is 14.3. The second-order valence-electron chi connectivity index (χ2n) is 12.8. The molecule has 12 nitrogen and oxygen atoms in total. The molecule has 2 unspecified atom stereocenters. The van der Waals surface area contributed by atoms with Gasteiger partial charge in [0, 0.05) is 24.2 Å². The highest BCUT2D eigenvalue weighted by Gasteiger charge is 2.50. The van der Waals surface area contributed by atoms with E-state index >= 15 is 0 Å². The summed E-state index contributed by atoms with van der Waals surface area (Å²) in [5.41, 5.74) is 2.60. The number of para-hydroxylation sites is 2. The molecule has 2 atom stereocenters. The van der Waals surface area contributed by atoms with Crippen LogP contribution in [0.5, 0.6) is 34.5 Å². The predicted octanol–water partition coefficient (Wildman–Crippen LogP) is 4.95. The van der Waals surface area contributed by atoms with Crippen molar-refractivity contribution in [3.63, 3.8) is 0 Å². The highest BCUT2D eigenvalue weighted by Crippen LogP contribution is 2.43. The summed E-state index contributed by atoms with van der Waals surface area (Å²) in [6, 6.07) is 25.1. The topological polar surface area (TPSA) is 114 Å². The Balaban J connectivity index is 1.45. The van der Waals surface area contributed by atoms with Gasteiger partial charge in [0.2, 0.25) is 0 Å². The Labute approximate surface area is 303 Å². The normalized spacial score (nSPS) is 20.2. The third-order valence-electron chi connectivity index (χ3n) is 9.26. The summed E-state index contributed by atoms with van der Waals surface area (Å²) in [4.78, 5) is 32.6. The van der Waals surface area contributed by atoms with Crippen molar-refractivity contribution in [3.8, 4) is 34.5 Å². The van der Waals surface area contributed by atoms with Gasteiger partial charge in [-0.3, -0.25) is 9.80 Å². The highest BCUT2D eigenvalue weighted by atomic mass is 16.8. The van der Waals surface area contributed by atoms with Crippen molar-refractivity contribution < 1.29 is 47.5 Å². The molecule has 4 aromatic carbocycles. The Morgan fingerprint density at radius 3 is 1.23 bits per heavy atom. The van der Waals surface area contributed by atoms with Crippen LogP contribution in [0.1, 0.15) is 22.3 Å². The number of carbonyl (C=O) groups is 2. The molecule has 52 heavy (non-hydrogen) atoms. The van der Waals surface area contributed by atoms with Gasteiger partial charge in [-0.1, -0.05) is 36.4 Å². The highest BCUT2D eigenvalue weighted by molar-refractivity contribution is 6.29. The molecule has 0 N–H and O–H groups in total. The van der Waals surface area contributed by atoms with E-state index in [0.29, 0.717) is 71.6 Å². The van der Waals surface area contributed by atoms with Crippen molar-refractivity contribution in [1.29, 1.82) is 0 Å². The summed E-state index contributed by atoms with van der Waals surface area (Å²) in [7, 11) is 9.93. The van der Waals surface area contributed by atoms with E-state index in [2.05, 4.69) is 0 Å². The molecule has 0 fully saturated rings. The molecular weight excluding hydrogens is 668 g/mol. The first-order chi connectivity index (χ1) is 25.1. The number of benzene rings is 4. The van der Waals surface area contributed by atoms with Crippen LogP contribution in [0, 0.1) is 0 Å². The van der Waals surface area contributed by atoms with Crippen LogP contribution in [-0.4, -0.2) is 90.5 Å². The van der Waals surface area contributed by atoms with Crippen LogP contribution in [0.25, 0.3) is 0 Å².